The van der Waals surface area contributed by atoms with E-state index < -0.39 is 0 Å². The van der Waals surface area contributed by atoms with Crippen LogP contribution in [0.3, 0.4) is 0 Å². The van der Waals surface area contributed by atoms with Crippen molar-refractivity contribution in [3.63, 3.8) is 0 Å². The van der Waals surface area contributed by atoms with Crippen LogP contribution >= 0.6 is 15.9 Å². The summed E-state index contributed by atoms with van der Waals surface area (Å²) in [4.78, 5) is -0.149. The molecule has 0 saturated carbocycles. The van der Waals surface area contributed by atoms with Gasteiger partial charge in [0.1, 0.15) is 5.84 Å². The van der Waals surface area contributed by atoms with Gasteiger partial charge in [-0.3, -0.25) is 5.41 Å². The molecule has 0 spiro atoms. The summed E-state index contributed by atoms with van der Waals surface area (Å²) in [5.41, 5.74) is 6.32. The van der Waals surface area contributed by atoms with Gasteiger partial charge in [-0.1, -0.05) is 46.3 Å². The van der Waals surface area contributed by atoms with E-state index in [1.165, 1.54) is 0 Å². The van der Waals surface area contributed by atoms with Crippen LogP contribution in [-0.2, 0) is 0 Å². The van der Waals surface area contributed by atoms with Crippen LogP contribution in [0.1, 0.15) is 10.4 Å². The highest BCUT2D eigenvalue weighted by Gasteiger charge is 2.08. The predicted molar refractivity (Wildman–Crippen MR) is 50.0 cm³/mol. The van der Waals surface area contributed by atoms with Crippen LogP contribution in [0.15, 0.2) is 30.3 Å². The Morgan fingerprint density at radius 1 is 1.36 bits per heavy atom. The van der Waals surface area contributed by atoms with E-state index >= 15 is 0 Å². The fourth-order valence-corrected chi connectivity index (χ4v) is 1.11. The van der Waals surface area contributed by atoms with E-state index in [2.05, 4.69) is 15.9 Å². The normalized spacial score (nSPS) is 12.5. The van der Waals surface area contributed by atoms with Gasteiger partial charge >= 0.3 is 0 Å². The quantitative estimate of drug-likeness (QED) is 0.441. The molecule has 1 rings (SSSR count). The van der Waals surface area contributed by atoms with Gasteiger partial charge in [0.15, 0.2) is 0 Å². The average Bonchev–Trinajstić information content (AvgIpc) is 2.05. The molecule has 0 fully saturated rings. The number of alkyl halides is 1. The summed E-state index contributed by atoms with van der Waals surface area (Å²) in [7, 11) is 0. The standard InChI is InChI=1S/C8H9BrN2/c9-7(8(10)11)6-4-2-1-3-5-6/h1-5,7H,(H3,10,11). The number of benzene rings is 1. The second kappa shape index (κ2) is 3.53. The minimum absolute atomic E-state index is 0.135. The molecule has 1 aromatic rings. The Bertz CT molecular complexity index is 246. The van der Waals surface area contributed by atoms with E-state index in [1.54, 1.807) is 0 Å². The molecule has 11 heavy (non-hydrogen) atoms. The van der Waals surface area contributed by atoms with Crippen molar-refractivity contribution in [3.05, 3.63) is 35.9 Å². The van der Waals surface area contributed by atoms with Gasteiger partial charge in [-0.2, -0.15) is 0 Å². The number of hydrogen-bond donors (Lipinski definition) is 2. The number of amidine groups is 1. The van der Waals surface area contributed by atoms with Crippen LogP contribution in [0.4, 0.5) is 0 Å². The van der Waals surface area contributed by atoms with Crippen LogP contribution in [0.2, 0.25) is 0 Å². The van der Waals surface area contributed by atoms with E-state index in [4.69, 9.17) is 11.1 Å². The Morgan fingerprint density at radius 3 is 2.36 bits per heavy atom. The van der Waals surface area contributed by atoms with E-state index in [9.17, 15) is 0 Å². The Balaban J connectivity index is 2.85. The lowest BCUT2D eigenvalue weighted by molar-refractivity contribution is 1.23. The van der Waals surface area contributed by atoms with Gasteiger partial charge in [0.25, 0.3) is 0 Å². The molecule has 58 valence electrons. The lowest BCUT2D eigenvalue weighted by Gasteiger charge is -2.06. The first-order valence-electron chi connectivity index (χ1n) is 3.24. The number of halogens is 1. The number of nitrogens with one attached hydrogen (secondary N) is 1. The van der Waals surface area contributed by atoms with Gasteiger partial charge in [-0.05, 0) is 5.56 Å². The fraction of sp³-hybridized carbons (Fsp3) is 0.125. The molecule has 0 bridgehead atoms. The van der Waals surface area contributed by atoms with Gasteiger partial charge in [0.2, 0.25) is 0 Å². The van der Waals surface area contributed by atoms with Crippen molar-refractivity contribution in [3.8, 4) is 0 Å². The van der Waals surface area contributed by atoms with Crippen molar-refractivity contribution >= 4 is 21.8 Å². The second-order valence-corrected chi connectivity index (χ2v) is 3.14. The lowest BCUT2D eigenvalue weighted by Crippen LogP contribution is -2.15. The third kappa shape index (κ3) is 2.05. The van der Waals surface area contributed by atoms with Gasteiger partial charge in [0.05, 0.1) is 4.83 Å². The maximum Gasteiger partial charge on any atom is 0.109 e. The summed E-state index contributed by atoms with van der Waals surface area (Å²) in [6.07, 6.45) is 0. The van der Waals surface area contributed by atoms with Crippen LogP contribution < -0.4 is 5.73 Å². The topological polar surface area (TPSA) is 49.9 Å². The number of hydrogen-bond acceptors (Lipinski definition) is 1. The maximum atomic E-state index is 7.17. The Hall–Kier alpha value is -0.830. The van der Waals surface area contributed by atoms with Crippen LogP contribution in [-0.4, -0.2) is 5.84 Å². The van der Waals surface area contributed by atoms with Crippen LogP contribution in [0.5, 0.6) is 0 Å². The zero-order valence-electron chi connectivity index (χ0n) is 5.92. The van der Waals surface area contributed by atoms with Crippen molar-refractivity contribution in [1.29, 1.82) is 5.41 Å². The Labute approximate surface area is 74.1 Å². The first-order chi connectivity index (χ1) is 5.22. The maximum absolute atomic E-state index is 7.17. The lowest BCUT2D eigenvalue weighted by atomic mass is 10.1. The van der Waals surface area contributed by atoms with E-state index in [0.717, 1.165) is 5.56 Å². The molecule has 0 aliphatic heterocycles. The minimum Gasteiger partial charge on any atom is -0.386 e. The molecule has 0 aliphatic rings. The highest BCUT2D eigenvalue weighted by atomic mass is 79.9. The molecular weight excluding hydrogens is 204 g/mol. The van der Waals surface area contributed by atoms with Crippen molar-refractivity contribution in [1.82, 2.24) is 0 Å². The van der Waals surface area contributed by atoms with Gasteiger partial charge in [-0.15, -0.1) is 0 Å². The average molecular weight is 213 g/mol. The predicted octanol–water partition coefficient (Wildman–Crippen LogP) is 2.06. The molecule has 0 radical (unpaired) electrons. The highest BCUT2D eigenvalue weighted by Crippen LogP contribution is 2.21. The van der Waals surface area contributed by atoms with E-state index in [-0.39, 0.29) is 10.7 Å². The Morgan fingerprint density at radius 2 is 1.91 bits per heavy atom. The van der Waals surface area contributed by atoms with E-state index in [0.29, 0.717) is 0 Å². The minimum atomic E-state index is -0.149. The molecule has 3 N–H and O–H groups in total. The first-order valence-corrected chi connectivity index (χ1v) is 4.16. The van der Waals surface area contributed by atoms with Crippen LogP contribution in [0, 0.1) is 5.41 Å². The van der Waals surface area contributed by atoms with Crippen molar-refractivity contribution < 1.29 is 0 Å². The van der Waals surface area contributed by atoms with Crippen molar-refractivity contribution in [2.75, 3.05) is 0 Å². The molecule has 0 heterocycles. The molecule has 1 unspecified atom stereocenters. The molecule has 0 aromatic heterocycles. The summed E-state index contributed by atoms with van der Waals surface area (Å²) in [6, 6.07) is 9.64. The zero-order valence-corrected chi connectivity index (χ0v) is 7.51. The summed E-state index contributed by atoms with van der Waals surface area (Å²) < 4.78 is 0. The van der Waals surface area contributed by atoms with Crippen LogP contribution in [0.25, 0.3) is 0 Å². The summed E-state index contributed by atoms with van der Waals surface area (Å²) in [6.45, 7) is 0. The summed E-state index contributed by atoms with van der Waals surface area (Å²) in [5.74, 6) is 0.135. The second-order valence-electron chi connectivity index (χ2n) is 2.23. The monoisotopic (exact) mass is 212 g/mol. The van der Waals surface area contributed by atoms with Gasteiger partial charge in [0, 0.05) is 0 Å². The third-order valence-electron chi connectivity index (χ3n) is 1.37. The molecule has 3 heteroatoms. The molecule has 0 saturated heterocycles. The Kier molecular flexibility index (Phi) is 2.65. The van der Waals surface area contributed by atoms with Gasteiger partial charge < -0.3 is 5.73 Å². The molecular formula is C8H9BrN2. The highest BCUT2D eigenvalue weighted by molar-refractivity contribution is 9.09. The SMILES string of the molecule is N=C(N)C(Br)c1ccccc1. The fourth-order valence-electron chi connectivity index (χ4n) is 0.802. The zero-order chi connectivity index (χ0) is 8.27. The number of rotatable bonds is 2. The molecule has 0 aliphatic carbocycles. The molecule has 0 amide bonds. The molecule has 1 aromatic carbocycles. The van der Waals surface area contributed by atoms with E-state index in [1.807, 2.05) is 30.3 Å². The smallest absolute Gasteiger partial charge is 0.109 e. The molecule has 2 nitrogen and oxygen atoms in total. The first kappa shape index (κ1) is 8.27. The summed E-state index contributed by atoms with van der Waals surface area (Å²) >= 11 is 3.30. The number of nitrogens with two attached hydrogens (primary N) is 1. The summed E-state index contributed by atoms with van der Waals surface area (Å²) in [5, 5.41) is 7.17. The van der Waals surface area contributed by atoms with Crippen molar-refractivity contribution in [2.45, 2.75) is 4.83 Å². The van der Waals surface area contributed by atoms with Gasteiger partial charge in [-0.25, -0.2) is 0 Å². The third-order valence-corrected chi connectivity index (χ3v) is 2.39. The van der Waals surface area contributed by atoms with Crippen molar-refractivity contribution in [2.24, 2.45) is 5.73 Å². The largest absolute Gasteiger partial charge is 0.386 e. The molecule has 1 atom stereocenters.